The average Bonchev–Trinajstić information content (AvgIpc) is 3.15. The number of ketones is 1. The van der Waals surface area contributed by atoms with Gasteiger partial charge in [-0.3, -0.25) is 14.5 Å². The highest BCUT2D eigenvalue weighted by atomic mass is 16.4. The van der Waals surface area contributed by atoms with Crippen LogP contribution in [-0.4, -0.2) is 22.8 Å². The van der Waals surface area contributed by atoms with E-state index < -0.39 is 5.97 Å². The second-order valence-electron chi connectivity index (χ2n) is 6.49. The minimum absolute atomic E-state index is 0.0274. The molecule has 1 atom stereocenters. The fourth-order valence-corrected chi connectivity index (χ4v) is 3.80. The van der Waals surface area contributed by atoms with Gasteiger partial charge in [0.05, 0.1) is 17.7 Å². The third-order valence-corrected chi connectivity index (χ3v) is 4.91. The molecule has 0 saturated heterocycles. The van der Waals surface area contributed by atoms with Gasteiger partial charge in [0, 0.05) is 29.8 Å². The number of benzene rings is 1. The van der Waals surface area contributed by atoms with Gasteiger partial charge in [0.2, 0.25) is 5.91 Å². The molecule has 26 heavy (non-hydrogen) atoms. The first-order valence-electron chi connectivity index (χ1n) is 8.52. The first-order valence-corrected chi connectivity index (χ1v) is 8.52. The van der Waals surface area contributed by atoms with Crippen LogP contribution in [0.2, 0.25) is 0 Å². The van der Waals surface area contributed by atoms with E-state index in [2.05, 4.69) is 0 Å². The van der Waals surface area contributed by atoms with Crippen LogP contribution in [-0.2, 0) is 9.59 Å². The van der Waals surface area contributed by atoms with E-state index in [4.69, 9.17) is 4.42 Å². The van der Waals surface area contributed by atoms with Gasteiger partial charge in [-0.05, 0) is 43.2 Å². The molecule has 0 bridgehead atoms. The molecule has 1 N–H and O–H groups in total. The maximum absolute atomic E-state index is 12.9. The van der Waals surface area contributed by atoms with Crippen molar-refractivity contribution in [3.05, 3.63) is 65.3 Å². The Morgan fingerprint density at radius 2 is 2.00 bits per heavy atom. The van der Waals surface area contributed by atoms with Gasteiger partial charge in [0.25, 0.3) is 0 Å². The van der Waals surface area contributed by atoms with Crippen molar-refractivity contribution in [1.29, 1.82) is 0 Å². The number of hydrogen-bond donors (Lipinski definition) is 1. The molecule has 0 spiro atoms. The van der Waals surface area contributed by atoms with Gasteiger partial charge in [-0.2, -0.15) is 0 Å². The van der Waals surface area contributed by atoms with Crippen LogP contribution in [0.25, 0.3) is 0 Å². The zero-order chi connectivity index (χ0) is 18.3. The lowest BCUT2D eigenvalue weighted by atomic mass is 9.79. The van der Waals surface area contributed by atoms with Crippen molar-refractivity contribution in [1.82, 2.24) is 0 Å². The molecule has 2 heterocycles. The third kappa shape index (κ3) is 2.63. The standard InChI is InChI=1S/C20H17NO5/c22-16-7-2-6-15-19(16)14(17-8-3-9-26-17)11-18(23)21(15)13-5-1-4-12(10-13)20(24)25/h1,3-5,8-10,14H,2,6-7,11H2,(H,24,25). The predicted molar refractivity (Wildman–Crippen MR) is 92.8 cm³/mol. The number of Topliss-reactive ketones (excluding diaryl/α,β-unsaturated/α-hetero) is 1. The lowest BCUT2D eigenvalue weighted by molar-refractivity contribution is -0.120. The molecule has 0 fully saturated rings. The Morgan fingerprint density at radius 1 is 1.15 bits per heavy atom. The normalized spacial score (nSPS) is 20.3. The molecule has 6 heteroatoms. The Balaban J connectivity index is 1.86. The molecule has 1 amide bonds. The monoisotopic (exact) mass is 351 g/mol. The summed E-state index contributed by atoms with van der Waals surface area (Å²) < 4.78 is 5.48. The number of aromatic carboxylic acids is 1. The summed E-state index contributed by atoms with van der Waals surface area (Å²) in [6, 6.07) is 9.78. The molecule has 132 valence electrons. The zero-order valence-corrected chi connectivity index (χ0v) is 14.0. The lowest BCUT2D eigenvalue weighted by Crippen LogP contribution is -2.40. The van der Waals surface area contributed by atoms with Crippen molar-refractivity contribution in [3.8, 4) is 0 Å². The highest BCUT2D eigenvalue weighted by Crippen LogP contribution is 2.43. The SMILES string of the molecule is O=C1CCCC2=C1C(c1ccco1)CC(=O)N2c1cccc(C(=O)O)c1. The zero-order valence-electron chi connectivity index (χ0n) is 14.0. The first kappa shape index (κ1) is 16.3. The summed E-state index contributed by atoms with van der Waals surface area (Å²) in [7, 11) is 0. The molecule has 1 aromatic carbocycles. The van der Waals surface area contributed by atoms with Crippen LogP contribution >= 0.6 is 0 Å². The van der Waals surface area contributed by atoms with Crippen LogP contribution in [0.5, 0.6) is 0 Å². The Kier molecular flexibility index (Phi) is 3.95. The third-order valence-electron chi connectivity index (χ3n) is 4.91. The highest BCUT2D eigenvalue weighted by molar-refractivity contribution is 6.07. The molecule has 0 saturated carbocycles. The van der Waals surface area contributed by atoms with E-state index in [1.54, 1.807) is 24.3 Å². The molecule has 2 aliphatic rings. The van der Waals surface area contributed by atoms with Crippen LogP contribution in [0.4, 0.5) is 5.69 Å². The van der Waals surface area contributed by atoms with Crippen LogP contribution in [0, 0.1) is 0 Å². The molecule has 1 aromatic heterocycles. The van der Waals surface area contributed by atoms with Gasteiger partial charge in [0.15, 0.2) is 5.78 Å². The van der Waals surface area contributed by atoms with E-state index in [0.29, 0.717) is 42.0 Å². The average molecular weight is 351 g/mol. The van der Waals surface area contributed by atoms with Crippen LogP contribution in [0.15, 0.2) is 58.3 Å². The number of hydrogen-bond acceptors (Lipinski definition) is 4. The summed E-state index contributed by atoms with van der Waals surface area (Å²) in [6.45, 7) is 0. The number of carboxylic acids is 1. The molecule has 4 rings (SSSR count). The lowest BCUT2D eigenvalue weighted by Gasteiger charge is -2.37. The summed E-state index contributed by atoms with van der Waals surface area (Å²) >= 11 is 0. The number of furan rings is 1. The van der Waals surface area contributed by atoms with E-state index in [1.807, 2.05) is 0 Å². The molecule has 0 radical (unpaired) electrons. The summed E-state index contributed by atoms with van der Waals surface area (Å²) in [4.78, 5) is 38.4. The molecular formula is C20H17NO5. The maximum atomic E-state index is 12.9. The minimum atomic E-state index is -1.06. The second kappa shape index (κ2) is 6.29. The minimum Gasteiger partial charge on any atom is -0.478 e. The van der Waals surface area contributed by atoms with E-state index in [-0.39, 0.29) is 29.6 Å². The second-order valence-corrected chi connectivity index (χ2v) is 6.49. The summed E-state index contributed by atoms with van der Waals surface area (Å²) in [5.41, 5.74) is 1.87. The fourth-order valence-electron chi connectivity index (χ4n) is 3.80. The van der Waals surface area contributed by atoms with Crippen molar-refractivity contribution < 1.29 is 23.9 Å². The number of carbonyl (C=O) groups is 3. The van der Waals surface area contributed by atoms with E-state index in [1.165, 1.54) is 23.3 Å². The summed E-state index contributed by atoms with van der Waals surface area (Å²) in [5, 5.41) is 9.23. The van der Waals surface area contributed by atoms with Gasteiger partial charge in [-0.25, -0.2) is 4.79 Å². The Hall–Kier alpha value is -3.15. The molecule has 1 unspecified atom stereocenters. The van der Waals surface area contributed by atoms with Crippen LogP contribution < -0.4 is 4.90 Å². The van der Waals surface area contributed by atoms with E-state index in [0.717, 1.165) is 0 Å². The van der Waals surface area contributed by atoms with Gasteiger partial charge < -0.3 is 9.52 Å². The number of rotatable bonds is 3. The van der Waals surface area contributed by atoms with Gasteiger partial charge in [-0.15, -0.1) is 0 Å². The number of amides is 1. The first-order chi connectivity index (χ1) is 12.6. The van der Waals surface area contributed by atoms with Crippen LogP contribution in [0.3, 0.4) is 0 Å². The van der Waals surface area contributed by atoms with Crippen LogP contribution in [0.1, 0.15) is 47.7 Å². The van der Waals surface area contributed by atoms with Crippen molar-refractivity contribution in [2.24, 2.45) is 0 Å². The number of nitrogens with zero attached hydrogens (tertiary/aromatic N) is 1. The van der Waals surface area contributed by atoms with Crippen molar-refractivity contribution >= 4 is 23.3 Å². The summed E-state index contributed by atoms with van der Waals surface area (Å²) in [6.07, 6.45) is 3.38. The number of carbonyl (C=O) groups excluding carboxylic acids is 2. The Labute approximate surface area is 149 Å². The van der Waals surface area contributed by atoms with Crippen molar-refractivity contribution in [3.63, 3.8) is 0 Å². The highest BCUT2D eigenvalue weighted by Gasteiger charge is 2.40. The van der Waals surface area contributed by atoms with Gasteiger partial charge >= 0.3 is 5.97 Å². The maximum Gasteiger partial charge on any atom is 0.335 e. The van der Waals surface area contributed by atoms with Crippen molar-refractivity contribution in [2.45, 2.75) is 31.6 Å². The molecule has 1 aliphatic carbocycles. The largest absolute Gasteiger partial charge is 0.478 e. The van der Waals surface area contributed by atoms with E-state index in [9.17, 15) is 19.5 Å². The number of carboxylic acid groups (broad SMARTS) is 1. The van der Waals surface area contributed by atoms with Gasteiger partial charge in [0.1, 0.15) is 5.76 Å². The molecule has 6 nitrogen and oxygen atoms in total. The number of anilines is 1. The predicted octanol–water partition coefficient (Wildman–Crippen LogP) is 3.51. The quantitative estimate of drug-likeness (QED) is 0.914. The Bertz CT molecular complexity index is 925. The van der Waals surface area contributed by atoms with Gasteiger partial charge in [-0.1, -0.05) is 6.07 Å². The molecule has 1 aliphatic heterocycles. The molecule has 2 aromatic rings. The smallest absolute Gasteiger partial charge is 0.335 e. The molecular weight excluding hydrogens is 334 g/mol. The number of allylic oxidation sites excluding steroid dienone is 2. The van der Waals surface area contributed by atoms with Crippen molar-refractivity contribution in [2.75, 3.05) is 4.90 Å². The Morgan fingerprint density at radius 3 is 2.73 bits per heavy atom. The van der Waals surface area contributed by atoms with E-state index >= 15 is 0 Å². The topological polar surface area (TPSA) is 87.8 Å². The summed E-state index contributed by atoms with van der Waals surface area (Å²) in [5.74, 6) is -0.958. The fraction of sp³-hybridized carbons (Fsp3) is 0.250.